The van der Waals surface area contributed by atoms with E-state index in [0.717, 1.165) is 105 Å². The van der Waals surface area contributed by atoms with Crippen LogP contribution in [0.1, 0.15) is 5.56 Å². The van der Waals surface area contributed by atoms with Gasteiger partial charge in [0, 0.05) is 33.0 Å². The minimum absolute atomic E-state index is 0.648. The Hall–Kier alpha value is -7.61. The van der Waals surface area contributed by atoms with Gasteiger partial charge in [0.1, 0.15) is 11.5 Å². The van der Waals surface area contributed by atoms with Gasteiger partial charge in [0.15, 0.2) is 5.82 Å². The minimum Gasteiger partial charge on any atom is -0.456 e. The molecule has 0 saturated heterocycles. The third-order valence-corrected chi connectivity index (χ3v) is 10.9. The van der Waals surface area contributed by atoms with Crippen molar-refractivity contribution in [3.63, 3.8) is 0 Å². The standard InChI is InChI=1S/C51H29N3O/c52-30-34-23-25-41-40-24-22-33(26-49(40)55-48-21-11-20-35(34)50(41)48)42-27-43-38-18-9-10-19-39(38)45(28-44(43)37-17-8-7-16-36(37)42)51-53-46(31-12-3-1-4-13-31)29-47(54-51)32-14-5-2-6-15-32/h1-29H. The van der Waals surface area contributed by atoms with Crippen LogP contribution in [0.25, 0.3) is 99.2 Å². The van der Waals surface area contributed by atoms with Crippen molar-refractivity contribution in [1.82, 2.24) is 9.97 Å². The number of nitriles is 1. The van der Waals surface area contributed by atoms with Crippen molar-refractivity contribution < 1.29 is 4.74 Å². The van der Waals surface area contributed by atoms with Crippen molar-refractivity contribution in [3.05, 3.63) is 181 Å². The van der Waals surface area contributed by atoms with Gasteiger partial charge in [0.2, 0.25) is 0 Å². The zero-order valence-corrected chi connectivity index (χ0v) is 29.5. The van der Waals surface area contributed by atoms with Crippen LogP contribution in [-0.2, 0) is 0 Å². The van der Waals surface area contributed by atoms with Gasteiger partial charge >= 0.3 is 0 Å². The fraction of sp³-hybridized carbons (Fsp3) is 0. The number of rotatable bonds is 4. The molecule has 10 aromatic rings. The van der Waals surface area contributed by atoms with Gasteiger partial charge in [-0.25, -0.2) is 9.97 Å². The molecule has 1 aromatic heterocycles. The smallest absolute Gasteiger partial charge is 0.161 e. The van der Waals surface area contributed by atoms with Gasteiger partial charge in [-0.2, -0.15) is 5.26 Å². The molecule has 9 aromatic carbocycles. The SMILES string of the molecule is N#Cc1ccc2c3c(cccc13)Oc1cc(-c3cc4c5ccccc5c(-c5nc(-c6ccccc6)cc(-c6ccccc6)n5)cc4c4ccccc34)ccc1-2. The summed E-state index contributed by atoms with van der Waals surface area (Å²) in [6, 6.07) is 63.4. The molecular weight excluding hydrogens is 671 g/mol. The molecule has 0 fully saturated rings. The highest BCUT2D eigenvalue weighted by molar-refractivity contribution is 6.23. The molecule has 1 aliphatic rings. The Balaban J connectivity index is 1.13. The third kappa shape index (κ3) is 4.91. The van der Waals surface area contributed by atoms with Crippen LogP contribution in [0.3, 0.4) is 0 Å². The van der Waals surface area contributed by atoms with Crippen molar-refractivity contribution in [2.75, 3.05) is 0 Å². The van der Waals surface area contributed by atoms with E-state index >= 15 is 0 Å². The largest absolute Gasteiger partial charge is 0.456 e. The Morgan fingerprint density at radius 2 is 0.945 bits per heavy atom. The van der Waals surface area contributed by atoms with Crippen LogP contribution in [-0.4, -0.2) is 9.97 Å². The Morgan fingerprint density at radius 3 is 1.60 bits per heavy atom. The van der Waals surface area contributed by atoms with Gasteiger partial charge in [0.25, 0.3) is 0 Å². The molecule has 0 N–H and O–H groups in total. The first-order valence-corrected chi connectivity index (χ1v) is 18.4. The Kier molecular flexibility index (Phi) is 6.89. The molecule has 4 heteroatoms. The molecule has 2 heterocycles. The van der Waals surface area contributed by atoms with E-state index in [2.05, 4.69) is 115 Å². The third-order valence-electron chi connectivity index (χ3n) is 10.9. The van der Waals surface area contributed by atoms with Gasteiger partial charge in [-0.1, -0.05) is 133 Å². The molecule has 0 unspecified atom stereocenters. The van der Waals surface area contributed by atoms with Gasteiger partial charge in [-0.05, 0) is 91.5 Å². The van der Waals surface area contributed by atoms with E-state index < -0.39 is 0 Å². The molecule has 1 aliphatic heterocycles. The first-order valence-electron chi connectivity index (χ1n) is 18.4. The lowest BCUT2D eigenvalue weighted by atomic mass is 9.87. The summed E-state index contributed by atoms with van der Waals surface area (Å²) in [6.45, 7) is 0. The second-order valence-corrected chi connectivity index (χ2v) is 14.0. The van der Waals surface area contributed by atoms with E-state index in [1.54, 1.807) is 0 Å². The molecule has 0 spiro atoms. The normalized spacial score (nSPS) is 11.8. The van der Waals surface area contributed by atoms with E-state index in [1.165, 1.54) is 0 Å². The maximum atomic E-state index is 9.78. The number of nitrogens with zero attached hydrogens (tertiary/aromatic N) is 3. The summed E-state index contributed by atoms with van der Waals surface area (Å²) in [5, 5.41) is 18.5. The second-order valence-electron chi connectivity index (χ2n) is 14.0. The fourth-order valence-corrected chi connectivity index (χ4v) is 8.35. The maximum Gasteiger partial charge on any atom is 0.161 e. The molecule has 0 radical (unpaired) electrons. The van der Waals surface area contributed by atoms with Crippen LogP contribution >= 0.6 is 0 Å². The molecule has 11 rings (SSSR count). The van der Waals surface area contributed by atoms with E-state index in [0.29, 0.717) is 11.4 Å². The highest BCUT2D eigenvalue weighted by atomic mass is 16.5. The Labute approximate surface area is 317 Å². The Morgan fingerprint density at radius 1 is 0.382 bits per heavy atom. The number of hydrogen-bond acceptors (Lipinski definition) is 4. The lowest BCUT2D eigenvalue weighted by Gasteiger charge is -2.23. The predicted molar refractivity (Wildman–Crippen MR) is 224 cm³/mol. The molecule has 0 atom stereocenters. The highest BCUT2D eigenvalue weighted by Gasteiger charge is 2.23. The molecule has 4 nitrogen and oxygen atoms in total. The first-order chi connectivity index (χ1) is 27.2. The van der Waals surface area contributed by atoms with E-state index in [4.69, 9.17) is 14.7 Å². The second kappa shape index (κ2) is 12.2. The maximum absolute atomic E-state index is 9.78. The van der Waals surface area contributed by atoms with Crippen LogP contribution in [0.5, 0.6) is 11.5 Å². The highest BCUT2D eigenvalue weighted by Crippen LogP contribution is 2.49. The van der Waals surface area contributed by atoms with Gasteiger partial charge in [0.05, 0.1) is 23.0 Å². The van der Waals surface area contributed by atoms with E-state index in [1.807, 2.05) is 66.7 Å². The van der Waals surface area contributed by atoms with Gasteiger partial charge in [-0.15, -0.1) is 0 Å². The Bertz CT molecular complexity index is 3180. The molecule has 0 bridgehead atoms. The zero-order valence-electron chi connectivity index (χ0n) is 29.5. The number of benzene rings is 9. The number of hydrogen-bond donors (Lipinski definition) is 0. The van der Waals surface area contributed by atoms with Crippen molar-refractivity contribution in [3.8, 4) is 73.7 Å². The molecule has 0 saturated carbocycles. The van der Waals surface area contributed by atoms with Crippen LogP contribution < -0.4 is 4.74 Å². The summed E-state index contributed by atoms with van der Waals surface area (Å²) in [4.78, 5) is 10.5. The van der Waals surface area contributed by atoms with E-state index in [9.17, 15) is 5.26 Å². The summed E-state index contributed by atoms with van der Waals surface area (Å²) >= 11 is 0. The van der Waals surface area contributed by atoms with Crippen LogP contribution in [0.2, 0.25) is 0 Å². The molecule has 0 amide bonds. The summed E-state index contributed by atoms with van der Waals surface area (Å²) in [7, 11) is 0. The lowest BCUT2D eigenvalue weighted by molar-refractivity contribution is 0.487. The summed E-state index contributed by atoms with van der Waals surface area (Å²) in [5.74, 6) is 2.26. The zero-order chi connectivity index (χ0) is 36.5. The monoisotopic (exact) mass is 699 g/mol. The summed E-state index contributed by atoms with van der Waals surface area (Å²) in [6.07, 6.45) is 0. The molecule has 0 aliphatic carbocycles. The summed E-state index contributed by atoms with van der Waals surface area (Å²) < 4.78 is 6.61. The van der Waals surface area contributed by atoms with Crippen LogP contribution in [0, 0.1) is 11.3 Å². The van der Waals surface area contributed by atoms with Crippen molar-refractivity contribution in [2.45, 2.75) is 0 Å². The van der Waals surface area contributed by atoms with Gasteiger partial charge < -0.3 is 4.74 Å². The topological polar surface area (TPSA) is 58.8 Å². The predicted octanol–water partition coefficient (Wildman–Crippen LogP) is 13.4. The molecule has 254 valence electrons. The van der Waals surface area contributed by atoms with Gasteiger partial charge in [-0.3, -0.25) is 0 Å². The first kappa shape index (κ1) is 31.0. The number of fused-ring (bicyclic) bond motifs is 7. The van der Waals surface area contributed by atoms with Crippen molar-refractivity contribution in [1.29, 1.82) is 5.26 Å². The average molecular weight is 700 g/mol. The van der Waals surface area contributed by atoms with Crippen molar-refractivity contribution in [2.24, 2.45) is 0 Å². The van der Waals surface area contributed by atoms with Crippen LogP contribution in [0.4, 0.5) is 0 Å². The van der Waals surface area contributed by atoms with E-state index in [-0.39, 0.29) is 0 Å². The number of aromatic nitrogens is 2. The lowest BCUT2D eigenvalue weighted by Crippen LogP contribution is -1.99. The quantitative estimate of drug-likeness (QED) is 0.172. The van der Waals surface area contributed by atoms with Crippen LogP contribution in [0.15, 0.2) is 176 Å². The number of ether oxygens (including phenoxy) is 1. The van der Waals surface area contributed by atoms with Crippen molar-refractivity contribution >= 4 is 43.1 Å². The average Bonchev–Trinajstić information content (AvgIpc) is 3.26. The minimum atomic E-state index is 0.648. The molecular formula is C51H29N3O. The molecule has 55 heavy (non-hydrogen) atoms. The fourth-order valence-electron chi connectivity index (χ4n) is 8.35. The summed E-state index contributed by atoms with van der Waals surface area (Å²) in [5.41, 5.74) is 9.79.